The summed E-state index contributed by atoms with van der Waals surface area (Å²) in [6.07, 6.45) is 0. The lowest BCUT2D eigenvalue weighted by Gasteiger charge is -2.50. The summed E-state index contributed by atoms with van der Waals surface area (Å²) in [4.78, 5) is 0. The topological polar surface area (TPSA) is 63.6 Å². The summed E-state index contributed by atoms with van der Waals surface area (Å²) in [5, 5.41) is 0. The predicted molar refractivity (Wildman–Crippen MR) is 41.2 cm³/mol. The third-order valence-corrected chi connectivity index (χ3v) is 3.05. The number of hydrogen-bond donors (Lipinski definition) is 1. The second-order valence-electron chi connectivity index (χ2n) is 3.98. The Balaban J connectivity index is 3.85. The Labute approximate surface area is 112 Å². The van der Waals surface area contributed by atoms with Crippen molar-refractivity contribution in [1.82, 2.24) is 0 Å². The molecule has 16 heteroatoms. The van der Waals surface area contributed by atoms with Crippen LogP contribution in [0.15, 0.2) is 0 Å². The van der Waals surface area contributed by atoms with Gasteiger partial charge >= 0.3 is 45.9 Å². The summed E-state index contributed by atoms with van der Waals surface area (Å²) in [7, 11) is -6.81. The van der Waals surface area contributed by atoms with E-state index in [2.05, 4.69) is 0 Å². The minimum atomic E-state index is -7.51. The Bertz CT molecular complexity index is 551. The minimum Gasteiger partial charge on any atom is -0.263 e. The van der Waals surface area contributed by atoms with Gasteiger partial charge in [0.25, 0.3) is 0 Å². The van der Waals surface area contributed by atoms with Crippen LogP contribution < -0.4 is 0 Å². The smallest absolute Gasteiger partial charge is 0.263 e. The average Bonchev–Trinajstić information content (AvgIpc) is 2.23. The standard InChI is InChI=1S/C6HF11O4S/c7-1(8)2(9,10)4(13,14)6(17,21-22(18,19)20)5(15,16)3(1,11)12/h(H,18,19,20). The highest BCUT2D eigenvalue weighted by molar-refractivity contribution is 7.80. The van der Waals surface area contributed by atoms with E-state index in [0.29, 0.717) is 0 Å². The first-order valence-corrected chi connectivity index (χ1v) is 5.83. The molecule has 1 fully saturated rings. The summed E-state index contributed by atoms with van der Waals surface area (Å²) in [6.45, 7) is 0. The Kier molecular flexibility index (Phi) is 3.60. The molecule has 0 aromatic rings. The predicted octanol–water partition coefficient (Wildman–Crippen LogP) is 2.66. The summed E-state index contributed by atoms with van der Waals surface area (Å²) in [5.41, 5.74) is 0. The van der Waals surface area contributed by atoms with Crippen LogP contribution in [-0.4, -0.2) is 48.4 Å². The highest BCUT2D eigenvalue weighted by Crippen LogP contribution is 2.69. The van der Waals surface area contributed by atoms with Crippen molar-refractivity contribution in [3.05, 3.63) is 0 Å². The lowest BCUT2D eigenvalue weighted by molar-refractivity contribution is -0.513. The second-order valence-corrected chi connectivity index (χ2v) is 5.00. The zero-order chi connectivity index (χ0) is 18.2. The van der Waals surface area contributed by atoms with E-state index in [1.165, 1.54) is 0 Å². The number of hydrogen-bond acceptors (Lipinski definition) is 3. The molecule has 0 unspecified atom stereocenters. The van der Waals surface area contributed by atoms with Gasteiger partial charge in [-0.15, -0.1) is 0 Å². The van der Waals surface area contributed by atoms with Gasteiger partial charge in [-0.25, -0.2) is 0 Å². The van der Waals surface area contributed by atoms with Crippen LogP contribution in [0, 0.1) is 0 Å². The lowest BCUT2D eigenvalue weighted by Crippen LogP contribution is -2.84. The van der Waals surface area contributed by atoms with E-state index in [0.717, 1.165) is 0 Å². The van der Waals surface area contributed by atoms with E-state index >= 15 is 0 Å². The zero-order valence-corrected chi connectivity index (χ0v) is 10.1. The van der Waals surface area contributed by atoms with Crippen LogP contribution in [0.4, 0.5) is 48.3 Å². The molecule has 0 radical (unpaired) electrons. The Hall–Kier alpha value is -0.900. The largest absolute Gasteiger partial charge is 0.400 e. The van der Waals surface area contributed by atoms with Crippen LogP contribution in [0.25, 0.3) is 0 Å². The summed E-state index contributed by atoms with van der Waals surface area (Å²) < 4.78 is 171. The van der Waals surface area contributed by atoms with Crippen LogP contribution in [0.2, 0.25) is 0 Å². The molecule has 0 aromatic heterocycles. The van der Waals surface area contributed by atoms with Crippen molar-refractivity contribution in [3.8, 4) is 0 Å². The number of halogens is 11. The molecular formula is C6HF11O4S. The molecule has 1 rings (SSSR count). The van der Waals surface area contributed by atoms with Gasteiger partial charge in [-0.2, -0.15) is 60.9 Å². The molecule has 22 heavy (non-hydrogen) atoms. The monoisotopic (exact) mass is 378 g/mol. The van der Waals surface area contributed by atoms with E-state index in [-0.39, 0.29) is 0 Å². The fourth-order valence-corrected chi connectivity index (χ4v) is 1.94. The molecule has 1 N–H and O–H groups in total. The Morgan fingerprint density at radius 2 is 0.818 bits per heavy atom. The first-order valence-electron chi connectivity index (χ1n) is 4.47. The molecular weight excluding hydrogens is 377 g/mol. The fraction of sp³-hybridized carbons (Fsp3) is 1.00. The molecule has 1 saturated carbocycles. The highest BCUT2D eigenvalue weighted by Gasteiger charge is 3.02. The molecule has 0 spiro atoms. The van der Waals surface area contributed by atoms with Crippen LogP contribution in [0.5, 0.6) is 0 Å². The maximum absolute atomic E-state index is 13.4. The highest BCUT2D eigenvalue weighted by atomic mass is 32.3. The van der Waals surface area contributed by atoms with Crippen molar-refractivity contribution < 1.29 is 65.4 Å². The average molecular weight is 378 g/mol. The molecule has 0 aromatic carbocycles. The van der Waals surface area contributed by atoms with Crippen molar-refractivity contribution >= 4 is 10.4 Å². The molecule has 132 valence electrons. The summed E-state index contributed by atoms with van der Waals surface area (Å²) >= 11 is 0. The van der Waals surface area contributed by atoms with Crippen LogP contribution >= 0.6 is 0 Å². The van der Waals surface area contributed by atoms with Gasteiger partial charge in [-0.1, -0.05) is 0 Å². The molecule has 4 nitrogen and oxygen atoms in total. The normalized spacial score (nSPS) is 30.7. The van der Waals surface area contributed by atoms with Gasteiger partial charge < -0.3 is 0 Å². The van der Waals surface area contributed by atoms with Gasteiger partial charge in [0.15, 0.2) is 0 Å². The molecule has 1 aliphatic rings. The van der Waals surface area contributed by atoms with Crippen molar-refractivity contribution in [2.75, 3.05) is 0 Å². The van der Waals surface area contributed by atoms with E-state index in [1.54, 1.807) is 0 Å². The quantitative estimate of drug-likeness (QED) is 0.593. The molecule has 0 atom stereocenters. The van der Waals surface area contributed by atoms with E-state index in [1.807, 2.05) is 4.18 Å². The van der Waals surface area contributed by atoms with Crippen LogP contribution in [-0.2, 0) is 14.6 Å². The van der Waals surface area contributed by atoms with E-state index in [4.69, 9.17) is 4.55 Å². The van der Waals surface area contributed by atoms with E-state index < -0.39 is 45.9 Å². The van der Waals surface area contributed by atoms with Gasteiger partial charge in [0.1, 0.15) is 0 Å². The van der Waals surface area contributed by atoms with Crippen molar-refractivity contribution in [2.45, 2.75) is 35.5 Å². The molecule has 0 saturated heterocycles. The molecule has 1 aliphatic carbocycles. The van der Waals surface area contributed by atoms with E-state index in [9.17, 15) is 56.7 Å². The van der Waals surface area contributed by atoms with Crippen LogP contribution in [0.1, 0.15) is 0 Å². The molecule has 0 amide bonds. The minimum absolute atomic E-state index is 1.93. The Morgan fingerprint density at radius 3 is 1.05 bits per heavy atom. The van der Waals surface area contributed by atoms with Gasteiger partial charge in [-0.05, 0) is 0 Å². The lowest BCUT2D eigenvalue weighted by atomic mass is 9.79. The zero-order valence-electron chi connectivity index (χ0n) is 9.24. The van der Waals surface area contributed by atoms with Gasteiger partial charge in [-0.3, -0.25) is 4.55 Å². The summed E-state index contributed by atoms with van der Waals surface area (Å²) in [6, 6.07) is 0. The van der Waals surface area contributed by atoms with Gasteiger partial charge in [0.2, 0.25) is 0 Å². The molecule has 0 bridgehead atoms. The number of rotatable bonds is 2. The first-order chi connectivity index (χ1) is 9.21. The maximum atomic E-state index is 13.4. The SMILES string of the molecule is O=S(=O)(O)OC1(F)C(F)(F)C(F)(F)C(F)(F)C(F)(F)C1(F)F. The van der Waals surface area contributed by atoms with Crippen molar-refractivity contribution in [2.24, 2.45) is 0 Å². The maximum Gasteiger partial charge on any atom is 0.400 e. The fourth-order valence-electron chi connectivity index (χ4n) is 1.44. The van der Waals surface area contributed by atoms with Crippen molar-refractivity contribution in [1.29, 1.82) is 0 Å². The third kappa shape index (κ3) is 1.79. The van der Waals surface area contributed by atoms with Gasteiger partial charge in [0.05, 0.1) is 0 Å². The van der Waals surface area contributed by atoms with Gasteiger partial charge in [0, 0.05) is 0 Å². The first kappa shape index (κ1) is 19.1. The second kappa shape index (κ2) is 4.14. The van der Waals surface area contributed by atoms with Crippen molar-refractivity contribution in [3.63, 3.8) is 0 Å². The molecule has 0 heterocycles. The number of alkyl halides is 11. The summed E-state index contributed by atoms with van der Waals surface area (Å²) in [5.74, 6) is -44.7. The van der Waals surface area contributed by atoms with Crippen LogP contribution in [0.3, 0.4) is 0 Å². The Morgan fingerprint density at radius 1 is 0.591 bits per heavy atom. The third-order valence-electron chi connectivity index (χ3n) is 2.61. The molecule has 0 aliphatic heterocycles.